The second kappa shape index (κ2) is 6.97. The van der Waals surface area contributed by atoms with Gasteiger partial charge in [-0.3, -0.25) is 4.79 Å². The van der Waals surface area contributed by atoms with E-state index in [-0.39, 0.29) is 12.5 Å². The van der Waals surface area contributed by atoms with Crippen molar-refractivity contribution in [3.8, 4) is 0 Å². The normalized spacial score (nSPS) is 12.3. The minimum Gasteiger partial charge on any atom is -0.481 e. The lowest BCUT2D eigenvalue weighted by Crippen LogP contribution is -2.18. The molecular formula is C15H20N4O2. The second-order valence-electron chi connectivity index (χ2n) is 5.18. The van der Waals surface area contributed by atoms with Crippen LogP contribution in [0.25, 0.3) is 0 Å². The van der Waals surface area contributed by atoms with Gasteiger partial charge in [-0.2, -0.15) is 0 Å². The number of hydrogen-bond acceptors (Lipinski definition) is 4. The summed E-state index contributed by atoms with van der Waals surface area (Å²) < 4.78 is 1.67. The Morgan fingerprint density at radius 3 is 2.81 bits per heavy atom. The molecule has 21 heavy (non-hydrogen) atoms. The topological polar surface area (TPSA) is 80.9 Å². The summed E-state index contributed by atoms with van der Waals surface area (Å²) in [5.74, 6) is -0.116. The molecule has 1 unspecified atom stereocenters. The van der Waals surface area contributed by atoms with E-state index in [0.29, 0.717) is 12.2 Å². The van der Waals surface area contributed by atoms with Gasteiger partial charge in [-0.25, -0.2) is 4.68 Å². The van der Waals surface area contributed by atoms with E-state index < -0.39 is 5.97 Å². The minimum absolute atomic E-state index is 0.0413. The molecule has 0 radical (unpaired) electrons. The lowest BCUT2D eigenvalue weighted by Gasteiger charge is -2.16. The van der Waals surface area contributed by atoms with Gasteiger partial charge in [0.25, 0.3) is 0 Å². The summed E-state index contributed by atoms with van der Waals surface area (Å²) in [5.41, 5.74) is 2.33. The van der Waals surface area contributed by atoms with Crippen LogP contribution in [0.5, 0.6) is 0 Å². The average molecular weight is 288 g/mol. The van der Waals surface area contributed by atoms with Crippen molar-refractivity contribution >= 4 is 5.97 Å². The van der Waals surface area contributed by atoms with Crippen molar-refractivity contribution in [3.05, 3.63) is 41.2 Å². The Balaban J connectivity index is 2.24. The zero-order chi connectivity index (χ0) is 15.2. The smallest absolute Gasteiger partial charge is 0.305 e. The SMILES string of the molecule is CCCC(CC(=O)O)n1nnnc1Cc1ccccc1C. The van der Waals surface area contributed by atoms with E-state index in [1.807, 2.05) is 38.1 Å². The van der Waals surface area contributed by atoms with Gasteiger partial charge in [0, 0.05) is 6.42 Å². The van der Waals surface area contributed by atoms with Crippen molar-refractivity contribution in [3.63, 3.8) is 0 Å². The molecule has 2 aromatic rings. The van der Waals surface area contributed by atoms with E-state index >= 15 is 0 Å². The van der Waals surface area contributed by atoms with Crippen molar-refractivity contribution in [1.29, 1.82) is 0 Å². The summed E-state index contributed by atoms with van der Waals surface area (Å²) >= 11 is 0. The molecule has 112 valence electrons. The van der Waals surface area contributed by atoms with Crippen LogP contribution in [0.2, 0.25) is 0 Å². The van der Waals surface area contributed by atoms with Crippen LogP contribution in [-0.4, -0.2) is 31.3 Å². The van der Waals surface area contributed by atoms with Gasteiger partial charge in [-0.1, -0.05) is 37.6 Å². The number of tetrazole rings is 1. The van der Waals surface area contributed by atoms with Gasteiger partial charge in [-0.05, 0) is 34.9 Å². The number of aryl methyl sites for hydroxylation is 1. The molecule has 0 fully saturated rings. The molecule has 1 aromatic heterocycles. The van der Waals surface area contributed by atoms with Crippen molar-refractivity contribution in [2.45, 2.75) is 45.6 Å². The van der Waals surface area contributed by atoms with Crippen LogP contribution >= 0.6 is 0 Å². The Morgan fingerprint density at radius 1 is 1.38 bits per heavy atom. The molecule has 0 bridgehead atoms. The summed E-state index contributed by atoms with van der Waals surface area (Å²) in [7, 11) is 0. The number of aromatic nitrogens is 4. The van der Waals surface area contributed by atoms with Gasteiger partial charge in [0.15, 0.2) is 5.82 Å². The maximum Gasteiger partial charge on any atom is 0.305 e. The Labute approximate surface area is 123 Å². The molecule has 6 nitrogen and oxygen atoms in total. The maximum absolute atomic E-state index is 11.0. The van der Waals surface area contributed by atoms with Crippen LogP contribution in [0.4, 0.5) is 0 Å². The van der Waals surface area contributed by atoms with Crippen LogP contribution in [0, 0.1) is 6.92 Å². The fraction of sp³-hybridized carbons (Fsp3) is 0.467. The molecule has 0 spiro atoms. The van der Waals surface area contributed by atoms with E-state index in [1.54, 1.807) is 4.68 Å². The highest BCUT2D eigenvalue weighted by Crippen LogP contribution is 2.20. The summed E-state index contributed by atoms with van der Waals surface area (Å²) in [6.07, 6.45) is 2.29. The highest BCUT2D eigenvalue weighted by atomic mass is 16.4. The molecule has 0 aliphatic rings. The summed E-state index contributed by atoms with van der Waals surface area (Å²) in [6, 6.07) is 7.87. The van der Waals surface area contributed by atoms with Crippen LogP contribution in [0.3, 0.4) is 0 Å². The molecule has 0 saturated heterocycles. The molecule has 6 heteroatoms. The van der Waals surface area contributed by atoms with E-state index in [1.165, 1.54) is 5.56 Å². The lowest BCUT2D eigenvalue weighted by molar-refractivity contribution is -0.138. The molecule has 0 aliphatic carbocycles. The minimum atomic E-state index is -0.828. The monoisotopic (exact) mass is 288 g/mol. The van der Waals surface area contributed by atoms with Crippen molar-refractivity contribution in [2.75, 3.05) is 0 Å². The van der Waals surface area contributed by atoms with Gasteiger partial charge in [0.2, 0.25) is 0 Å². The molecule has 1 N–H and O–H groups in total. The maximum atomic E-state index is 11.0. The first kappa shape index (κ1) is 15.2. The van der Waals surface area contributed by atoms with E-state index in [0.717, 1.165) is 18.4 Å². The number of aliphatic carboxylic acids is 1. The Hall–Kier alpha value is -2.24. The van der Waals surface area contributed by atoms with Gasteiger partial charge in [0.05, 0.1) is 12.5 Å². The zero-order valence-electron chi connectivity index (χ0n) is 12.4. The van der Waals surface area contributed by atoms with Crippen LogP contribution in [-0.2, 0) is 11.2 Å². The van der Waals surface area contributed by atoms with Gasteiger partial charge >= 0.3 is 5.97 Å². The average Bonchev–Trinajstić information content (AvgIpc) is 2.88. The van der Waals surface area contributed by atoms with Gasteiger partial charge in [-0.15, -0.1) is 5.10 Å². The third-order valence-corrected chi connectivity index (χ3v) is 3.55. The summed E-state index contributed by atoms with van der Waals surface area (Å²) in [4.78, 5) is 11.0. The van der Waals surface area contributed by atoms with E-state index in [2.05, 4.69) is 15.5 Å². The van der Waals surface area contributed by atoms with Crippen molar-refractivity contribution in [1.82, 2.24) is 20.2 Å². The molecule has 0 saturated carbocycles. The first-order chi connectivity index (χ1) is 10.1. The Kier molecular flexibility index (Phi) is 5.03. The fourth-order valence-electron chi connectivity index (χ4n) is 2.44. The standard InChI is InChI=1S/C15H20N4O2/c1-3-6-13(10-15(20)21)19-14(16-17-18-19)9-12-8-5-4-7-11(12)2/h4-5,7-8,13H,3,6,9-10H2,1-2H3,(H,20,21). The third-order valence-electron chi connectivity index (χ3n) is 3.55. The Morgan fingerprint density at radius 2 is 2.14 bits per heavy atom. The zero-order valence-corrected chi connectivity index (χ0v) is 12.4. The van der Waals surface area contributed by atoms with Crippen LogP contribution in [0.15, 0.2) is 24.3 Å². The molecule has 0 amide bonds. The fourth-order valence-corrected chi connectivity index (χ4v) is 2.44. The molecule has 0 aliphatic heterocycles. The predicted molar refractivity (Wildman–Crippen MR) is 78.0 cm³/mol. The third kappa shape index (κ3) is 3.87. The quantitative estimate of drug-likeness (QED) is 0.846. The number of rotatable bonds is 7. The van der Waals surface area contributed by atoms with Gasteiger partial charge in [0.1, 0.15) is 0 Å². The summed E-state index contributed by atoms with van der Waals surface area (Å²) in [6.45, 7) is 4.07. The van der Waals surface area contributed by atoms with Gasteiger partial charge < -0.3 is 5.11 Å². The number of nitrogens with zero attached hydrogens (tertiary/aromatic N) is 4. The largest absolute Gasteiger partial charge is 0.481 e. The number of carboxylic acids is 1. The molecule has 2 rings (SSSR count). The molecule has 1 aromatic carbocycles. The summed E-state index contributed by atoms with van der Waals surface area (Å²) in [5, 5.41) is 20.9. The molecule has 1 heterocycles. The van der Waals surface area contributed by atoms with Crippen LogP contribution < -0.4 is 0 Å². The molecule has 1 atom stereocenters. The van der Waals surface area contributed by atoms with E-state index in [9.17, 15) is 4.79 Å². The van der Waals surface area contributed by atoms with Crippen LogP contribution in [0.1, 0.15) is 49.2 Å². The lowest BCUT2D eigenvalue weighted by atomic mass is 10.0. The number of carboxylic acid groups (broad SMARTS) is 1. The number of benzene rings is 1. The van der Waals surface area contributed by atoms with E-state index in [4.69, 9.17) is 5.11 Å². The molecular weight excluding hydrogens is 268 g/mol. The second-order valence-corrected chi connectivity index (χ2v) is 5.18. The van der Waals surface area contributed by atoms with Crippen molar-refractivity contribution in [2.24, 2.45) is 0 Å². The highest BCUT2D eigenvalue weighted by molar-refractivity contribution is 5.67. The van der Waals surface area contributed by atoms with Crippen molar-refractivity contribution < 1.29 is 9.90 Å². The number of carbonyl (C=O) groups is 1. The highest BCUT2D eigenvalue weighted by Gasteiger charge is 2.20. The first-order valence-corrected chi connectivity index (χ1v) is 7.14. The first-order valence-electron chi connectivity index (χ1n) is 7.14. The Bertz CT molecular complexity index is 609. The number of hydrogen-bond donors (Lipinski definition) is 1. The predicted octanol–water partition coefficient (Wildman–Crippen LogP) is 2.39.